The molecule has 2 rings (SSSR count). The Bertz CT molecular complexity index is 870. The molecule has 0 unspecified atom stereocenters. The molecule has 0 spiro atoms. The molecule has 33 heavy (non-hydrogen) atoms. The Morgan fingerprint density at radius 1 is 0.697 bits per heavy atom. The Morgan fingerprint density at radius 2 is 1.03 bits per heavy atom. The Hall–Kier alpha value is -3.56. The molecule has 0 bridgehead atoms. The maximum Gasteiger partial charge on any atom is 0.336 e. The Morgan fingerprint density at radius 3 is 1.33 bits per heavy atom. The van der Waals surface area contributed by atoms with Gasteiger partial charge in [-0.25, -0.2) is 9.59 Å². The maximum absolute atomic E-state index is 12.9. The zero-order valence-electron chi connectivity index (χ0n) is 18.7. The van der Waals surface area contributed by atoms with Crippen LogP contribution in [0, 0.1) is 0 Å². The van der Waals surface area contributed by atoms with Crippen molar-refractivity contribution in [1.82, 2.24) is 10.6 Å². The van der Waals surface area contributed by atoms with Gasteiger partial charge in [0.1, 0.15) is 12.1 Å². The van der Waals surface area contributed by atoms with Crippen molar-refractivity contribution in [2.75, 3.05) is 0 Å². The van der Waals surface area contributed by atoms with Gasteiger partial charge in [-0.3, -0.25) is 9.59 Å². The first-order valence-corrected chi connectivity index (χ1v) is 10.6. The molecule has 0 radical (unpaired) electrons. The molecule has 2 aromatic rings. The Labute approximate surface area is 192 Å². The summed E-state index contributed by atoms with van der Waals surface area (Å²) in [6.07, 6.45) is 0.196. The number of nitrogens with one attached hydrogen (secondary N) is 2. The van der Waals surface area contributed by atoms with E-state index in [9.17, 15) is 19.2 Å². The highest BCUT2D eigenvalue weighted by Crippen LogP contribution is 2.09. The minimum Gasteiger partial charge on any atom is -0.390 e. The molecule has 0 saturated heterocycles. The third-order valence-electron chi connectivity index (χ3n) is 4.80. The Kier molecular flexibility index (Phi) is 9.71. The van der Waals surface area contributed by atoms with Gasteiger partial charge in [0.2, 0.25) is 11.8 Å². The SMILES string of the molecule is C[C@H](N)C(=O)N[C@@H](Cc1ccccc1)C(=O)OC(=O)[C@H](Cc1ccccc1)NC(=O)[C@H](C)N. The first-order valence-electron chi connectivity index (χ1n) is 10.6. The number of nitrogens with two attached hydrogens (primary N) is 2. The summed E-state index contributed by atoms with van der Waals surface area (Å²) in [4.78, 5) is 50.0. The maximum atomic E-state index is 12.9. The molecular formula is C24H30N4O5. The molecule has 9 nitrogen and oxygen atoms in total. The molecule has 0 aliphatic heterocycles. The molecule has 6 N–H and O–H groups in total. The van der Waals surface area contributed by atoms with E-state index in [1.165, 1.54) is 13.8 Å². The normalized spacial score (nSPS) is 14.3. The number of rotatable bonds is 10. The van der Waals surface area contributed by atoms with Crippen LogP contribution in [-0.4, -0.2) is 47.9 Å². The highest BCUT2D eigenvalue weighted by atomic mass is 16.6. The van der Waals surface area contributed by atoms with Crippen LogP contribution in [0.2, 0.25) is 0 Å². The standard InChI is InChI=1S/C24H30N4O5/c1-15(25)21(29)27-19(13-17-9-5-3-6-10-17)23(31)33-24(32)20(28-22(30)16(2)26)14-18-11-7-4-8-12-18/h3-12,15-16,19-20H,13-14,25-26H2,1-2H3,(H,27,29)(H,28,30)/t15-,16-,19-,20-/m0/s1. The minimum atomic E-state index is -1.14. The molecule has 2 aromatic carbocycles. The van der Waals surface area contributed by atoms with Gasteiger partial charge >= 0.3 is 11.9 Å². The van der Waals surface area contributed by atoms with Gasteiger partial charge in [-0.15, -0.1) is 0 Å². The van der Waals surface area contributed by atoms with Gasteiger partial charge in [0.05, 0.1) is 12.1 Å². The predicted octanol–water partition coefficient (Wildman–Crippen LogP) is 0.206. The zero-order valence-corrected chi connectivity index (χ0v) is 18.7. The van der Waals surface area contributed by atoms with Crippen LogP contribution in [0.4, 0.5) is 0 Å². The van der Waals surface area contributed by atoms with E-state index in [1.807, 2.05) is 12.1 Å². The third-order valence-corrected chi connectivity index (χ3v) is 4.80. The van der Waals surface area contributed by atoms with E-state index in [0.29, 0.717) is 0 Å². The first-order chi connectivity index (χ1) is 15.7. The molecule has 0 saturated carbocycles. The lowest BCUT2D eigenvalue weighted by molar-refractivity contribution is -0.164. The quantitative estimate of drug-likeness (QED) is 0.295. The minimum absolute atomic E-state index is 0.0982. The average molecular weight is 455 g/mol. The lowest BCUT2D eigenvalue weighted by Gasteiger charge is -2.21. The van der Waals surface area contributed by atoms with Crippen molar-refractivity contribution < 1.29 is 23.9 Å². The van der Waals surface area contributed by atoms with E-state index in [0.717, 1.165) is 11.1 Å². The van der Waals surface area contributed by atoms with Crippen LogP contribution in [0.15, 0.2) is 60.7 Å². The van der Waals surface area contributed by atoms with Crippen molar-refractivity contribution in [1.29, 1.82) is 0 Å². The monoisotopic (exact) mass is 454 g/mol. The van der Waals surface area contributed by atoms with Gasteiger partial charge in [-0.2, -0.15) is 0 Å². The van der Waals surface area contributed by atoms with Gasteiger partial charge in [0.15, 0.2) is 0 Å². The summed E-state index contributed by atoms with van der Waals surface area (Å²) in [6, 6.07) is 13.9. The molecule has 0 fully saturated rings. The molecule has 0 heterocycles. The number of esters is 2. The van der Waals surface area contributed by atoms with Gasteiger partial charge in [0.25, 0.3) is 0 Å². The average Bonchev–Trinajstić information content (AvgIpc) is 2.79. The summed E-state index contributed by atoms with van der Waals surface area (Å²) < 4.78 is 5.09. The molecule has 0 aliphatic carbocycles. The lowest BCUT2D eigenvalue weighted by Crippen LogP contribution is -2.52. The van der Waals surface area contributed by atoms with Crippen molar-refractivity contribution in [2.45, 2.75) is 50.9 Å². The summed E-state index contributed by atoms with van der Waals surface area (Å²) >= 11 is 0. The second kappa shape index (κ2) is 12.5. The van der Waals surface area contributed by atoms with E-state index >= 15 is 0 Å². The van der Waals surface area contributed by atoms with Crippen LogP contribution in [-0.2, 0) is 36.8 Å². The van der Waals surface area contributed by atoms with Gasteiger partial charge < -0.3 is 26.8 Å². The van der Waals surface area contributed by atoms with E-state index in [2.05, 4.69) is 10.6 Å². The zero-order chi connectivity index (χ0) is 24.4. The summed E-state index contributed by atoms with van der Waals surface area (Å²) in [6.45, 7) is 2.95. The lowest BCUT2D eigenvalue weighted by atomic mass is 10.0. The molecule has 0 aliphatic rings. The fourth-order valence-electron chi connectivity index (χ4n) is 2.93. The van der Waals surface area contributed by atoms with E-state index in [1.54, 1.807) is 48.5 Å². The molecule has 2 amide bonds. The van der Waals surface area contributed by atoms with Crippen LogP contribution in [0.3, 0.4) is 0 Å². The van der Waals surface area contributed by atoms with E-state index in [-0.39, 0.29) is 12.8 Å². The van der Waals surface area contributed by atoms with Crippen LogP contribution < -0.4 is 22.1 Å². The molecule has 9 heteroatoms. The van der Waals surface area contributed by atoms with Gasteiger partial charge in [0, 0.05) is 12.8 Å². The summed E-state index contributed by atoms with van der Waals surface area (Å²) in [5, 5.41) is 5.04. The van der Waals surface area contributed by atoms with Crippen LogP contribution >= 0.6 is 0 Å². The van der Waals surface area contributed by atoms with Crippen molar-refractivity contribution in [3.05, 3.63) is 71.8 Å². The topological polar surface area (TPSA) is 154 Å². The fourth-order valence-corrected chi connectivity index (χ4v) is 2.93. The van der Waals surface area contributed by atoms with Crippen LogP contribution in [0.5, 0.6) is 0 Å². The van der Waals surface area contributed by atoms with Crippen molar-refractivity contribution >= 4 is 23.8 Å². The van der Waals surface area contributed by atoms with Gasteiger partial charge in [-0.05, 0) is 25.0 Å². The van der Waals surface area contributed by atoms with Crippen LogP contribution in [0.25, 0.3) is 0 Å². The predicted molar refractivity (Wildman–Crippen MR) is 123 cm³/mol. The van der Waals surface area contributed by atoms with Crippen molar-refractivity contribution in [3.8, 4) is 0 Å². The first kappa shape index (κ1) is 25.7. The highest BCUT2D eigenvalue weighted by molar-refractivity contribution is 5.95. The molecular weight excluding hydrogens is 424 g/mol. The number of hydrogen-bond donors (Lipinski definition) is 4. The summed E-state index contributed by atoms with van der Waals surface area (Å²) in [5.41, 5.74) is 12.7. The second-order valence-electron chi connectivity index (χ2n) is 7.82. The van der Waals surface area contributed by atoms with E-state index in [4.69, 9.17) is 16.2 Å². The highest BCUT2D eigenvalue weighted by Gasteiger charge is 2.30. The number of benzene rings is 2. The number of ether oxygens (including phenoxy) is 1. The molecule has 4 atom stereocenters. The van der Waals surface area contributed by atoms with Crippen LogP contribution in [0.1, 0.15) is 25.0 Å². The summed E-state index contributed by atoms with van der Waals surface area (Å²) in [7, 11) is 0. The third kappa shape index (κ3) is 8.47. The summed E-state index contributed by atoms with van der Waals surface area (Å²) in [5.74, 6) is -3.03. The fraction of sp³-hybridized carbons (Fsp3) is 0.333. The van der Waals surface area contributed by atoms with Crippen molar-refractivity contribution in [3.63, 3.8) is 0 Å². The number of amides is 2. The largest absolute Gasteiger partial charge is 0.390 e. The number of carbonyl (C=O) groups is 4. The smallest absolute Gasteiger partial charge is 0.336 e. The van der Waals surface area contributed by atoms with E-state index < -0.39 is 47.9 Å². The molecule has 0 aromatic heterocycles. The van der Waals surface area contributed by atoms with Gasteiger partial charge in [-0.1, -0.05) is 60.7 Å². The Balaban J connectivity index is 2.18. The number of carbonyl (C=O) groups excluding carboxylic acids is 4. The van der Waals surface area contributed by atoms with Crippen molar-refractivity contribution in [2.24, 2.45) is 11.5 Å². The number of hydrogen-bond acceptors (Lipinski definition) is 7. The molecule has 176 valence electrons. The second-order valence-corrected chi connectivity index (χ2v) is 7.82.